The second-order valence-electron chi connectivity index (χ2n) is 9.29. The number of para-hydroxylation sites is 1. The summed E-state index contributed by atoms with van der Waals surface area (Å²) in [5.41, 5.74) is 5.22. The van der Waals surface area contributed by atoms with E-state index in [-0.39, 0.29) is 10.8 Å². The van der Waals surface area contributed by atoms with Crippen LogP contribution in [0.15, 0.2) is 65.6 Å². The lowest BCUT2D eigenvalue weighted by Gasteiger charge is -2.35. The molecule has 3 aromatic rings. The van der Waals surface area contributed by atoms with Gasteiger partial charge in [0.05, 0.1) is 16.1 Å². The number of piperazine rings is 1. The van der Waals surface area contributed by atoms with Crippen LogP contribution in [-0.4, -0.2) is 50.3 Å². The standard InChI is InChI=1S/C28H33N3O3S/c1-20-18-21(2)23(4)27(22(20)3)35(33,34)29-26-13-9-8-12-25(26)28(32)31-16-14-30(15-17-31)19-24-10-6-5-7-11-24/h5-13,18,29H,14-17,19H2,1-4H3. The lowest BCUT2D eigenvalue weighted by molar-refractivity contribution is 0.0629. The van der Waals surface area contributed by atoms with Gasteiger partial charge >= 0.3 is 0 Å². The third-order valence-corrected chi connectivity index (χ3v) is 8.51. The van der Waals surface area contributed by atoms with Crippen molar-refractivity contribution in [2.45, 2.75) is 39.1 Å². The van der Waals surface area contributed by atoms with E-state index in [1.165, 1.54) is 5.56 Å². The molecule has 1 saturated heterocycles. The molecule has 184 valence electrons. The molecule has 0 atom stereocenters. The number of carbonyl (C=O) groups excluding carboxylic acids is 1. The molecule has 35 heavy (non-hydrogen) atoms. The molecule has 0 aliphatic carbocycles. The molecule has 0 radical (unpaired) electrons. The molecule has 3 aromatic carbocycles. The quantitative estimate of drug-likeness (QED) is 0.544. The molecule has 0 spiro atoms. The van der Waals surface area contributed by atoms with E-state index in [1.807, 2.05) is 56.9 Å². The zero-order chi connectivity index (χ0) is 25.2. The van der Waals surface area contributed by atoms with E-state index in [4.69, 9.17) is 0 Å². The number of hydrogen-bond donors (Lipinski definition) is 1. The van der Waals surface area contributed by atoms with Crippen molar-refractivity contribution in [2.24, 2.45) is 0 Å². The molecular formula is C28H33N3O3S. The number of hydrogen-bond acceptors (Lipinski definition) is 4. The maximum atomic E-state index is 13.5. The number of aryl methyl sites for hydroxylation is 2. The van der Waals surface area contributed by atoms with Crippen LogP contribution in [0.3, 0.4) is 0 Å². The molecule has 1 N–H and O–H groups in total. The predicted molar refractivity (Wildman–Crippen MR) is 140 cm³/mol. The maximum Gasteiger partial charge on any atom is 0.262 e. The van der Waals surface area contributed by atoms with Gasteiger partial charge in [-0.15, -0.1) is 0 Å². The van der Waals surface area contributed by atoms with Crippen LogP contribution in [0.1, 0.15) is 38.2 Å². The summed E-state index contributed by atoms with van der Waals surface area (Å²) in [6, 6.07) is 19.2. The average molecular weight is 492 g/mol. The smallest absolute Gasteiger partial charge is 0.262 e. The van der Waals surface area contributed by atoms with E-state index in [0.717, 1.165) is 41.9 Å². The van der Waals surface area contributed by atoms with Crippen molar-refractivity contribution in [1.82, 2.24) is 9.80 Å². The van der Waals surface area contributed by atoms with Gasteiger partial charge in [0.15, 0.2) is 0 Å². The summed E-state index contributed by atoms with van der Waals surface area (Å²) in [6.07, 6.45) is 0. The van der Waals surface area contributed by atoms with E-state index in [9.17, 15) is 13.2 Å². The Morgan fingerprint density at radius 1 is 0.829 bits per heavy atom. The lowest BCUT2D eigenvalue weighted by Crippen LogP contribution is -2.48. The van der Waals surface area contributed by atoms with E-state index >= 15 is 0 Å². The van der Waals surface area contributed by atoms with Gasteiger partial charge in [0.1, 0.15) is 0 Å². The molecule has 1 fully saturated rings. The van der Waals surface area contributed by atoms with Crippen LogP contribution in [-0.2, 0) is 16.6 Å². The number of nitrogens with zero attached hydrogens (tertiary/aromatic N) is 2. The van der Waals surface area contributed by atoms with Gasteiger partial charge in [-0.3, -0.25) is 14.4 Å². The fraction of sp³-hybridized carbons (Fsp3) is 0.321. The summed E-state index contributed by atoms with van der Waals surface area (Å²) >= 11 is 0. The second-order valence-corrected chi connectivity index (χ2v) is 10.9. The summed E-state index contributed by atoms with van der Waals surface area (Å²) in [6.45, 7) is 11.1. The Hall–Kier alpha value is -3.16. The topological polar surface area (TPSA) is 69.7 Å². The van der Waals surface area contributed by atoms with Gasteiger partial charge in [-0.2, -0.15) is 0 Å². The molecule has 0 unspecified atom stereocenters. The summed E-state index contributed by atoms with van der Waals surface area (Å²) in [7, 11) is -3.88. The van der Waals surface area contributed by atoms with Gasteiger partial charge in [0.2, 0.25) is 0 Å². The van der Waals surface area contributed by atoms with Crippen molar-refractivity contribution in [1.29, 1.82) is 0 Å². The van der Waals surface area contributed by atoms with Crippen molar-refractivity contribution in [3.63, 3.8) is 0 Å². The Morgan fingerprint density at radius 2 is 1.40 bits per heavy atom. The van der Waals surface area contributed by atoms with Crippen LogP contribution in [0, 0.1) is 27.7 Å². The number of nitrogens with one attached hydrogen (secondary N) is 1. The van der Waals surface area contributed by atoms with Gasteiger partial charge in [0.25, 0.3) is 15.9 Å². The highest BCUT2D eigenvalue weighted by atomic mass is 32.2. The van der Waals surface area contributed by atoms with Crippen molar-refractivity contribution in [2.75, 3.05) is 30.9 Å². The van der Waals surface area contributed by atoms with E-state index in [1.54, 1.807) is 24.3 Å². The number of amides is 1. The van der Waals surface area contributed by atoms with Gasteiger partial charge in [-0.05, 0) is 67.6 Å². The zero-order valence-electron chi connectivity index (χ0n) is 20.8. The summed E-state index contributed by atoms with van der Waals surface area (Å²) < 4.78 is 29.7. The first-order chi connectivity index (χ1) is 16.7. The minimum atomic E-state index is -3.88. The first-order valence-electron chi connectivity index (χ1n) is 11.9. The SMILES string of the molecule is Cc1cc(C)c(C)c(S(=O)(=O)Nc2ccccc2C(=O)N2CCN(Cc3ccccc3)CC2)c1C. The lowest BCUT2D eigenvalue weighted by atomic mass is 10.0. The minimum Gasteiger partial charge on any atom is -0.336 e. The first kappa shape index (κ1) is 24.9. The van der Waals surface area contributed by atoms with Crippen LogP contribution < -0.4 is 4.72 Å². The monoisotopic (exact) mass is 491 g/mol. The molecule has 1 aliphatic heterocycles. The van der Waals surface area contributed by atoms with Crippen molar-refractivity contribution in [3.05, 3.63) is 94.0 Å². The first-order valence-corrected chi connectivity index (χ1v) is 13.4. The summed E-state index contributed by atoms with van der Waals surface area (Å²) in [5.74, 6) is -0.156. The van der Waals surface area contributed by atoms with Crippen molar-refractivity contribution < 1.29 is 13.2 Å². The zero-order valence-corrected chi connectivity index (χ0v) is 21.7. The molecule has 0 saturated carbocycles. The number of benzene rings is 3. The molecule has 0 aromatic heterocycles. The third-order valence-electron chi connectivity index (χ3n) is 6.88. The maximum absolute atomic E-state index is 13.5. The Labute approximate surface area is 208 Å². The normalized spacial score (nSPS) is 14.7. The van der Waals surface area contributed by atoms with Crippen molar-refractivity contribution >= 4 is 21.6 Å². The highest BCUT2D eigenvalue weighted by Gasteiger charge is 2.27. The summed E-state index contributed by atoms with van der Waals surface area (Å²) in [5, 5.41) is 0. The van der Waals surface area contributed by atoms with Crippen LogP contribution in [0.5, 0.6) is 0 Å². The van der Waals surface area contributed by atoms with E-state index < -0.39 is 10.0 Å². The Morgan fingerprint density at radius 3 is 2.03 bits per heavy atom. The second kappa shape index (κ2) is 10.2. The van der Waals surface area contributed by atoms with Crippen LogP contribution in [0.25, 0.3) is 0 Å². The predicted octanol–water partition coefficient (Wildman–Crippen LogP) is 4.68. The number of rotatable bonds is 6. The van der Waals surface area contributed by atoms with Crippen LogP contribution in [0.2, 0.25) is 0 Å². The minimum absolute atomic E-state index is 0.156. The van der Waals surface area contributed by atoms with Gasteiger partial charge in [0, 0.05) is 32.7 Å². The number of anilines is 1. The Balaban J connectivity index is 1.52. The van der Waals surface area contributed by atoms with Gasteiger partial charge in [-0.1, -0.05) is 48.5 Å². The highest BCUT2D eigenvalue weighted by molar-refractivity contribution is 7.92. The molecule has 1 heterocycles. The van der Waals surface area contributed by atoms with Crippen LogP contribution >= 0.6 is 0 Å². The number of sulfonamides is 1. The average Bonchev–Trinajstić information content (AvgIpc) is 2.83. The molecule has 0 bridgehead atoms. The van der Waals surface area contributed by atoms with Gasteiger partial charge < -0.3 is 4.90 Å². The highest BCUT2D eigenvalue weighted by Crippen LogP contribution is 2.29. The molecule has 4 rings (SSSR count). The fourth-order valence-corrected chi connectivity index (χ4v) is 6.36. The van der Waals surface area contributed by atoms with E-state index in [0.29, 0.717) is 24.3 Å². The summed E-state index contributed by atoms with van der Waals surface area (Å²) in [4.78, 5) is 17.8. The Kier molecular flexibility index (Phi) is 7.28. The Bertz CT molecular complexity index is 1300. The largest absolute Gasteiger partial charge is 0.336 e. The molecule has 6 nitrogen and oxygen atoms in total. The van der Waals surface area contributed by atoms with Gasteiger partial charge in [-0.25, -0.2) is 8.42 Å². The molecular weight excluding hydrogens is 458 g/mol. The van der Waals surface area contributed by atoms with E-state index in [2.05, 4.69) is 21.8 Å². The number of carbonyl (C=O) groups is 1. The molecule has 1 amide bonds. The fourth-order valence-electron chi connectivity index (χ4n) is 4.66. The third kappa shape index (κ3) is 5.41. The van der Waals surface area contributed by atoms with Crippen LogP contribution in [0.4, 0.5) is 5.69 Å². The van der Waals surface area contributed by atoms with Crippen molar-refractivity contribution in [3.8, 4) is 0 Å². The molecule has 1 aliphatic rings. The molecule has 7 heteroatoms.